The van der Waals surface area contributed by atoms with E-state index in [1.165, 1.54) is 31.4 Å². The Kier molecular flexibility index (Phi) is 9.41. The van der Waals surface area contributed by atoms with Crippen LogP contribution in [0.4, 0.5) is 14.9 Å². The molecule has 3 aromatic rings. The third-order valence-electron chi connectivity index (χ3n) is 7.05. The molecule has 43 heavy (non-hydrogen) atoms. The Morgan fingerprint density at radius 2 is 1.72 bits per heavy atom. The summed E-state index contributed by atoms with van der Waals surface area (Å²) in [5.74, 6) is -0.988. The predicted molar refractivity (Wildman–Crippen MR) is 161 cm³/mol. The van der Waals surface area contributed by atoms with E-state index in [-0.39, 0.29) is 23.1 Å². The van der Waals surface area contributed by atoms with Gasteiger partial charge in [0.1, 0.15) is 19.0 Å². The van der Waals surface area contributed by atoms with Gasteiger partial charge in [-0.1, -0.05) is 30.3 Å². The minimum atomic E-state index is -0.694. The molecule has 2 aliphatic rings. The SMILES string of the molecule is COc1cc(/C=C2\SC(=O)N(CC(=O)Nc3ccccc3F)C2=O)ccc1OCc1ccc(C(=O)N2CCCCC2)cc1. The van der Waals surface area contributed by atoms with Gasteiger partial charge in [-0.2, -0.15) is 0 Å². The van der Waals surface area contributed by atoms with Crippen molar-refractivity contribution in [3.63, 3.8) is 0 Å². The minimum Gasteiger partial charge on any atom is -0.493 e. The number of carbonyl (C=O) groups excluding carboxylic acids is 4. The molecule has 0 unspecified atom stereocenters. The maximum atomic E-state index is 13.8. The number of halogens is 1. The first-order valence-corrected chi connectivity index (χ1v) is 14.6. The highest BCUT2D eigenvalue weighted by atomic mass is 32.2. The lowest BCUT2D eigenvalue weighted by atomic mass is 10.1. The number of ether oxygens (including phenoxy) is 2. The van der Waals surface area contributed by atoms with E-state index in [0.29, 0.717) is 34.4 Å². The number of likely N-dealkylation sites (tertiary alicyclic amines) is 1. The van der Waals surface area contributed by atoms with Crippen LogP contribution in [0, 0.1) is 5.82 Å². The Balaban J connectivity index is 1.19. The summed E-state index contributed by atoms with van der Waals surface area (Å²) in [6, 6.07) is 18.1. The highest BCUT2D eigenvalue weighted by Gasteiger charge is 2.36. The summed E-state index contributed by atoms with van der Waals surface area (Å²) < 4.78 is 25.3. The molecular formula is C32H30FN3O6S. The summed E-state index contributed by atoms with van der Waals surface area (Å²) in [5, 5.41) is 1.77. The Hall–Kier alpha value is -4.64. The number of anilines is 1. The van der Waals surface area contributed by atoms with E-state index in [0.717, 1.165) is 42.8 Å². The molecule has 0 spiro atoms. The molecule has 0 radical (unpaired) electrons. The van der Waals surface area contributed by atoms with Crippen molar-refractivity contribution in [3.05, 3.63) is 94.1 Å². The quantitative estimate of drug-likeness (QED) is 0.312. The number of nitrogens with zero attached hydrogens (tertiary/aromatic N) is 2. The molecule has 222 valence electrons. The largest absolute Gasteiger partial charge is 0.493 e. The molecule has 2 heterocycles. The monoisotopic (exact) mass is 603 g/mol. The van der Waals surface area contributed by atoms with Crippen LogP contribution in [-0.2, 0) is 16.2 Å². The molecule has 3 aromatic carbocycles. The molecule has 4 amide bonds. The number of hydrogen-bond donors (Lipinski definition) is 1. The van der Waals surface area contributed by atoms with E-state index in [4.69, 9.17) is 9.47 Å². The van der Waals surface area contributed by atoms with Crippen LogP contribution in [0.2, 0.25) is 0 Å². The Bertz CT molecular complexity index is 1570. The zero-order valence-corrected chi connectivity index (χ0v) is 24.3. The first-order chi connectivity index (χ1) is 20.8. The van der Waals surface area contributed by atoms with Crippen molar-refractivity contribution >= 4 is 46.5 Å². The molecule has 0 aromatic heterocycles. The van der Waals surface area contributed by atoms with Crippen molar-refractivity contribution in [3.8, 4) is 11.5 Å². The number of imide groups is 1. The van der Waals surface area contributed by atoms with E-state index in [9.17, 15) is 23.6 Å². The van der Waals surface area contributed by atoms with Gasteiger partial charge in [-0.05, 0) is 84.6 Å². The van der Waals surface area contributed by atoms with Crippen molar-refractivity contribution in [1.29, 1.82) is 0 Å². The van der Waals surface area contributed by atoms with Gasteiger partial charge in [0.15, 0.2) is 11.5 Å². The van der Waals surface area contributed by atoms with Crippen LogP contribution in [0.15, 0.2) is 71.6 Å². The van der Waals surface area contributed by atoms with Crippen molar-refractivity contribution in [2.24, 2.45) is 0 Å². The van der Waals surface area contributed by atoms with Crippen LogP contribution in [0.5, 0.6) is 11.5 Å². The Morgan fingerprint density at radius 3 is 2.44 bits per heavy atom. The lowest BCUT2D eigenvalue weighted by Gasteiger charge is -2.26. The molecule has 0 aliphatic carbocycles. The molecule has 0 atom stereocenters. The molecule has 0 bridgehead atoms. The molecule has 2 saturated heterocycles. The van der Waals surface area contributed by atoms with Crippen molar-refractivity contribution in [2.45, 2.75) is 25.9 Å². The Labute approximate surface area is 252 Å². The number of benzene rings is 3. The number of hydrogen-bond acceptors (Lipinski definition) is 7. The second-order valence-corrected chi connectivity index (χ2v) is 11.0. The third-order valence-corrected chi connectivity index (χ3v) is 7.95. The van der Waals surface area contributed by atoms with Gasteiger partial charge in [0.2, 0.25) is 5.91 Å². The average Bonchev–Trinajstić information content (AvgIpc) is 3.28. The van der Waals surface area contributed by atoms with Crippen LogP contribution in [0.1, 0.15) is 40.7 Å². The number of rotatable bonds is 9. The molecule has 9 nitrogen and oxygen atoms in total. The third kappa shape index (κ3) is 7.23. The van der Waals surface area contributed by atoms with Gasteiger partial charge in [0.25, 0.3) is 17.1 Å². The van der Waals surface area contributed by atoms with E-state index in [1.807, 2.05) is 29.2 Å². The van der Waals surface area contributed by atoms with Crippen molar-refractivity contribution < 1.29 is 33.0 Å². The molecule has 1 N–H and O–H groups in total. The van der Waals surface area contributed by atoms with Gasteiger partial charge in [-0.3, -0.25) is 24.1 Å². The minimum absolute atomic E-state index is 0.0376. The molecule has 11 heteroatoms. The fourth-order valence-electron chi connectivity index (χ4n) is 4.76. The number of para-hydroxylation sites is 1. The van der Waals surface area contributed by atoms with Crippen LogP contribution in [0.25, 0.3) is 6.08 Å². The predicted octanol–water partition coefficient (Wildman–Crippen LogP) is 5.71. The topological polar surface area (TPSA) is 105 Å². The molecule has 2 fully saturated rings. The molecule has 2 aliphatic heterocycles. The van der Waals surface area contributed by atoms with Gasteiger partial charge in [-0.25, -0.2) is 4.39 Å². The molecule has 0 saturated carbocycles. The van der Waals surface area contributed by atoms with Gasteiger partial charge in [0, 0.05) is 18.7 Å². The average molecular weight is 604 g/mol. The number of nitrogens with one attached hydrogen (secondary N) is 1. The Morgan fingerprint density at radius 1 is 0.977 bits per heavy atom. The zero-order chi connectivity index (χ0) is 30.3. The maximum absolute atomic E-state index is 13.8. The summed E-state index contributed by atoms with van der Waals surface area (Å²) in [7, 11) is 1.50. The first kappa shape index (κ1) is 29.8. The smallest absolute Gasteiger partial charge is 0.294 e. The number of piperidine rings is 1. The fourth-order valence-corrected chi connectivity index (χ4v) is 5.60. The van der Waals surface area contributed by atoms with Gasteiger partial charge < -0.3 is 19.7 Å². The van der Waals surface area contributed by atoms with Crippen LogP contribution in [0.3, 0.4) is 0 Å². The van der Waals surface area contributed by atoms with Crippen LogP contribution in [-0.4, -0.2) is 59.5 Å². The van der Waals surface area contributed by atoms with Gasteiger partial charge in [0.05, 0.1) is 17.7 Å². The fraction of sp³-hybridized carbons (Fsp3) is 0.250. The number of amides is 4. The summed E-state index contributed by atoms with van der Waals surface area (Å²) >= 11 is 0.711. The maximum Gasteiger partial charge on any atom is 0.294 e. The zero-order valence-electron chi connectivity index (χ0n) is 23.5. The van der Waals surface area contributed by atoms with Gasteiger partial charge in [-0.15, -0.1) is 0 Å². The highest BCUT2D eigenvalue weighted by molar-refractivity contribution is 8.18. The van der Waals surface area contributed by atoms with E-state index < -0.39 is 29.4 Å². The number of thioether (sulfide) groups is 1. The summed E-state index contributed by atoms with van der Waals surface area (Å²) in [6.07, 6.45) is 4.78. The number of carbonyl (C=O) groups is 4. The summed E-state index contributed by atoms with van der Waals surface area (Å²) in [5.41, 5.74) is 2.09. The van der Waals surface area contributed by atoms with E-state index in [1.54, 1.807) is 24.3 Å². The molecular weight excluding hydrogens is 573 g/mol. The van der Waals surface area contributed by atoms with E-state index in [2.05, 4.69) is 5.32 Å². The second-order valence-electron chi connectivity index (χ2n) is 10.0. The second kappa shape index (κ2) is 13.6. The first-order valence-electron chi connectivity index (χ1n) is 13.8. The normalized spacial score (nSPS) is 16.0. The highest BCUT2D eigenvalue weighted by Crippen LogP contribution is 2.35. The van der Waals surface area contributed by atoms with Crippen LogP contribution < -0.4 is 14.8 Å². The number of methoxy groups -OCH3 is 1. The standard InChI is InChI=1S/C32H30FN3O6S/c1-41-27-17-22(18-28-31(39)36(32(40)43-28)19-29(37)34-25-8-4-3-7-24(25)33)11-14-26(27)42-20-21-9-12-23(13-10-21)30(38)35-15-5-2-6-16-35/h3-4,7-14,17-18H,2,5-6,15-16,19-20H2,1H3,(H,34,37)/b28-18-. The van der Waals surface area contributed by atoms with Crippen molar-refractivity contribution in [2.75, 3.05) is 32.1 Å². The van der Waals surface area contributed by atoms with Crippen LogP contribution >= 0.6 is 11.8 Å². The lowest BCUT2D eigenvalue weighted by molar-refractivity contribution is -0.127. The van der Waals surface area contributed by atoms with Gasteiger partial charge >= 0.3 is 0 Å². The lowest BCUT2D eigenvalue weighted by Crippen LogP contribution is -2.36. The van der Waals surface area contributed by atoms with Crippen molar-refractivity contribution in [1.82, 2.24) is 9.80 Å². The molecule has 5 rings (SSSR count). The van der Waals surface area contributed by atoms with E-state index >= 15 is 0 Å². The summed E-state index contributed by atoms with van der Waals surface area (Å²) in [4.78, 5) is 53.3. The summed E-state index contributed by atoms with van der Waals surface area (Å²) in [6.45, 7) is 1.30.